The van der Waals surface area contributed by atoms with Gasteiger partial charge >= 0.3 is 0 Å². The fourth-order valence-electron chi connectivity index (χ4n) is 4.99. The average Bonchev–Trinajstić information content (AvgIpc) is 3.42. The molecule has 0 amide bonds. The lowest BCUT2D eigenvalue weighted by Crippen LogP contribution is -1.98. The van der Waals surface area contributed by atoms with Gasteiger partial charge in [-0.15, -0.1) is 0 Å². The van der Waals surface area contributed by atoms with Crippen LogP contribution < -0.4 is 5.32 Å². The Bertz CT molecular complexity index is 1850. The number of fused-ring (bicyclic) bond motifs is 7. The first-order valence-corrected chi connectivity index (χ1v) is 11.6. The van der Waals surface area contributed by atoms with E-state index in [0.717, 1.165) is 60.8 Å². The number of nitrogens with zero attached hydrogens (tertiary/aromatic N) is 1. The van der Waals surface area contributed by atoms with E-state index in [0.29, 0.717) is 5.02 Å². The zero-order chi connectivity index (χ0) is 22.6. The van der Waals surface area contributed by atoms with Gasteiger partial charge in [-0.25, -0.2) is 0 Å². The molecule has 0 bridgehead atoms. The van der Waals surface area contributed by atoms with Crippen LogP contribution in [-0.2, 0) is 0 Å². The van der Waals surface area contributed by atoms with Crippen LogP contribution >= 0.6 is 11.6 Å². The third-order valence-electron chi connectivity index (χ3n) is 6.45. The minimum absolute atomic E-state index is 0.682. The Hall–Kier alpha value is -4.21. The van der Waals surface area contributed by atoms with E-state index in [4.69, 9.17) is 16.0 Å². The first-order chi connectivity index (χ1) is 16.8. The van der Waals surface area contributed by atoms with Gasteiger partial charge in [-0.2, -0.15) is 0 Å². The molecule has 5 aromatic carbocycles. The molecule has 34 heavy (non-hydrogen) atoms. The van der Waals surface area contributed by atoms with E-state index in [1.54, 1.807) is 0 Å². The summed E-state index contributed by atoms with van der Waals surface area (Å²) in [4.78, 5) is 0. The van der Waals surface area contributed by atoms with Crippen molar-refractivity contribution in [3.63, 3.8) is 0 Å². The largest absolute Gasteiger partial charge is 0.455 e. The van der Waals surface area contributed by atoms with Gasteiger partial charge < -0.3 is 14.3 Å². The van der Waals surface area contributed by atoms with Crippen LogP contribution in [0.15, 0.2) is 114 Å². The Kier molecular flexibility index (Phi) is 4.20. The van der Waals surface area contributed by atoms with Gasteiger partial charge in [0.15, 0.2) is 0 Å². The smallest absolute Gasteiger partial charge is 0.145 e. The van der Waals surface area contributed by atoms with E-state index < -0.39 is 0 Å². The minimum atomic E-state index is 0.682. The van der Waals surface area contributed by atoms with Crippen molar-refractivity contribution in [1.82, 2.24) is 4.57 Å². The van der Waals surface area contributed by atoms with Crippen LogP contribution in [0.4, 0.5) is 11.4 Å². The van der Waals surface area contributed by atoms with Crippen molar-refractivity contribution < 1.29 is 4.42 Å². The average molecular weight is 459 g/mol. The number of anilines is 2. The minimum Gasteiger partial charge on any atom is -0.455 e. The molecule has 0 aliphatic rings. The van der Waals surface area contributed by atoms with Crippen LogP contribution in [0.25, 0.3) is 49.4 Å². The molecular weight excluding hydrogens is 440 g/mol. The molecule has 4 heteroatoms. The second-order valence-electron chi connectivity index (χ2n) is 8.41. The van der Waals surface area contributed by atoms with Crippen LogP contribution in [0.2, 0.25) is 5.02 Å². The third-order valence-corrected chi connectivity index (χ3v) is 6.78. The number of para-hydroxylation sites is 4. The lowest BCUT2D eigenvalue weighted by atomic mass is 10.1. The second kappa shape index (κ2) is 7.41. The zero-order valence-electron chi connectivity index (χ0n) is 18.1. The van der Waals surface area contributed by atoms with Gasteiger partial charge in [0.25, 0.3) is 0 Å². The van der Waals surface area contributed by atoms with Gasteiger partial charge in [-0.05, 0) is 48.5 Å². The summed E-state index contributed by atoms with van der Waals surface area (Å²) in [6.07, 6.45) is 0. The Labute approximate surface area is 200 Å². The molecule has 1 N–H and O–H groups in total. The van der Waals surface area contributed by atoms with Crippen LogP contribution in [0.5, 0.6) is 0 Å². The van der Waals surface area contributed by atoms with Crippen molar-refractivity contribution in [2.24, 2.45) is 0 Å². The number of aromatic nitrogens is 1. The van der Waals surface area contributed by atoms with E-state index in [9.17, 15) is 0 Å². The molecular formula is C30H19ClN2O. The topological polar surface area (TPSA) is 30.1 Å². The molecule has 7 aromatic rings. The Morgan fingerprint density at radius 1 is 0.618 bits per heavy atom. The SMILES string of the molecule is Clc1ccccc1Nc1cccc2c3c4oc5ccccc5c4ccc3n(-c3ccccc3)c12. The molecule has 0 radical (unpaired) electrons. The number of furan rings is 1. The molecule has 2 aromatic heterocycles. The van der Waals surface area contributed by atoms with Gasteiger partial charge in [0.05, 0.1) is 32.8 Å². The predicted molar refractivity (Wildman–Crippen MR) is 143 cm³/mol. The molecule has 3 nitrogen and oxygen atoms in total. The van der Waals surface area contributed by atoms with Crippen LogP contribution in [0, 0.1) is 0 Å². The van der Waals surface area contributed by atoms with Crippen molar-refractivity contribution in [1.29, 1.82) is 0 Å². The van der Waals surface area contributed by atoms with Crippen LogP contribution in [0.3, 0.4) is 0 Å². The van der Waals surface area contributed by atoms with Crippen molar-refractivity contribution in [3.8, 4) is 5.69 Å². The van der Waals surface area contributed by atoms with Crippen molar-refractivity contribution in [2.45, 2.75) is 0 Å². The molecule has 0 aliphatic carbocycles. The van der Waals surface area contributed by atoms with Crippen LogP contribution in [-0.4, -0.2) is 4.57 Å². The van der Waals surface area contributed by atoms with E-state index in [1.807, 2.05) is 42.5 Å². The summed E-state index contributed by atoms with van der Waals surface area (Å²) >= 11 is 6.50. The van der Waals surface area contributed by atoms with Gasteiger partial charge in [-0.1, -0.05) is 72.3 Å². The predicted octanol–water partition coefficient (Wildman–Crippen LogP) is 9.08. The first-order valence-electron chi connectivity index (χ1n) is 11.2. The normalized spacial score (nSPS) is 11.7. The second-order valence-corrected chi connectivity index (χ2v) is 8.82. The van der Waals surface area contributed by atoms with Crippen molar-refractivity contribution in [2.75, 3.05) is 5.32 Å². The standard InChI is InChI=1S/C30H19ClN2O/c31-23-13-5-6-14-24(23)32-25-15-8-12-22-28-26(33(29(22)25)19-9-2-1-3-10-19)18-17-21-20-11-4-7-16-27(20)34-30(21)28/h1-18,32H. The van der Waals surface area contributed by atoms with E-state index in [2.05, 4.69) is 76.6 Å². The number of benzene rings is 5. The van der Waals surface area contributed by atoms with Crippen molar-refractivity contribution in [3.05, 3.63) is 114 Å². The quantitative estimate of drug-likeness (QED) is 0.286. The maximum absolute atomic E-state index is 6.50. The monoisotopic (exact) mass is 458 g/mol. The van der Waals surface area contributed by atoms with E-state index in [1.165, 1.54) is 0 Å². The fraction of sp³-hybridized carbons (Fsp3) is 0. The molecule has 2 heterocycles. The maximum Gasteiger partial charge on any atom is 0.145 e. The lowest BCUT2D eigenvalue weighted by Gasteiger charge is -2.13. The molecule has 0 saturated heterocycles. The highest BCUT2D eigenvalue weighted by Crippen LogP contribution is 2.43. The van der Waals surface area contributed by atoms with Crippen molar-refractivity contribution >= 4 is 66.7 Å². The number of hydrogen-bond acceptors (Lipinski definition) is 2. The number of hydrogen-bond donors (Lipinski definition) is 1. The maximum atomic E-state index is 6.50. The highest BCUT2D eigenvalue weighted by atomic mass is 35.5. The van der Waals surface area contributed by atoms with Crippen LogP contribution in [0.1, 0.15) is 0 Å². The highest BCUT2D eigenvalue weighted by Gasteiger charge is 2.20. The summed E-state index contributed by atoms with van der Waals surface area (Å²) in [5, 5.41) is 8.75. The molecule has 0 spiro atoms. The Balaban J connectivity index is 1.64. The number of halogens is 1. The Morgan fingerprint density at radius 2 is 1.35 bits per heavy atom. The molecule has 7 rings (SSSR count). The van der Waals surface area contributed by atoms with Gasteiger partial charge in [-0.3, -0.25) is 0 Å². The van der Waals surface area contributed by atoms with E-state index in [-0.39, 0.29) is 0 Å². The number of nitrogens with one attached hydrogen (secondary N) is 1. The molecule has 0 atom stereocenters. The summed E-state index contributed by atoms with van der Waals surface area (Å²) in [6.45, 7) is 0. The molecule has 0 fully saturated rings. The number of rotatable bonds is 3. The zero-order valence-corrected chi connectivity index (χ0v) is 18.9. The van der Waals surface area contributed by atoms with Gasteiger partial charge in [0.2, 0.25) is 0 Å². The lowest BCUT2D eigenvalue weighted by molar-refractivity contribution is 0.673. The molecule has 0 aliphatic heterocycles. The first kappa shape index (κ1) is 19.3. The summed E-state index contributed by atoms with van der Waals surface area (Å²) in [7, 11) is 0. The molecule has 0 saturated carbocycles. The molecule has 162 valence electrons. The van der Waals surface area contributed by atoms with Gasteiger partial charge in [0, 0.05) is 21.8 Å². The summed E-state index contributed by atoms with van der Waals surface area (Å²) < 4.78 is 8.75. The molecule has 0 unspecified atom stereocenters. The third kappa shape index (κ3) is 2.77. The van der Waals surface area contributed by atoms with Gasteiger partial charge in [0.1, 0.15) is 11.2 Å². The van der Waals surface area contributed by atoms with E-state index >= 15 is 0 Å². The Morgan fingerprint density at radius 3 is 2.24 bits per heavy atom. The summed E-state index contributed by atoms with van der Waals surface area (Å²) in [5.41, 5.74) is 6.93. The highest BCUT2D eigenvalue weighted by molar-refractivity contribution is 6.33. The summed E-state index contributed by atoms with van der Waals surface area (Å²) in [5.74, 6) is 0. The fourth-order valence-corrected chi connectivity index (χ4v) is 5.17. The summed E-state index contributed by atoms with van der Waals surface area (Å²) in [6, 6.07) is 37.2.